The lowest BCUT2D eigenvalue weighted by Crippen LogP contribution is -2.13. The average Bonchev–Trinajstić information content (AvgIpc) is 2.93. The fourth-order valence-corrected chi connectivity index (χ4v) is 1.55. The molecule has 1 unspecified atom stereocenters. The number of benzene rings is 1. The van der Waals surface area contributed by atoms with Crippen LogP contribution in [-0.4, -0.2) is 5.11 Å². The number of halogens is 2. The van der Waals surface area contributed by atoms with E-state index in [1.165, 1.54) is 0 Å². The van der Waals surface area contributed by atoms with Gasteiger partial charge in [0, 0.05) is 17.7 Å². The minimum absolute atomic E-state index is 0.171. The summed E-state index contributed by atoms with van der Waals surface area (Å²) in [6.07, 6.45) is 1.91. The van der Waals surface area contributed by atoms with Crippen LogP contribution in [0.25, 0.3) is 0 Å². The van der Waals surface area contributed by atoms with Crippen LogP contribution >= 0.6 is 0 Å². The third-order valence-corrected chi connectivity index (χ3v) is 2.55. The van der Waals surface area contributed by atoms with E-state index in [-0.39, 0.29) is 11.5 Å². The maximum absolute atomic E-state index is 12.9. The predicted molar refractivity (Wildman–Crippen MR) is 47.7 cm³/mol. The molecule has 0 amide bonds. The lowest BCUT2D eigenvalue weighted by Gasteiger charge is -2.12. The molecule has 0 bridgehead atoms. The van der Waals surface area contributed by atoms with Gasteiger partial charge in [-0.3, -0.25) is 0 Å². The Morgan fingerprint density at radius 1 is 1.36 bits per heavy atom. The van der Waals surface area contributed by atoms with E-state index in [1.54, 1.807) is 0 Å². The summed E-state index contributed by atoms with van der Waals surface area (Å²) in [7, 11) is 0. The molecule has 2 rings (SSSR count). The SMILES string of the molecule is NC(c1cc(F)cc(F)c1O)C1CC1. The van der Waals surface area contributed by atoms with Gasteiger partial charge in [0.25, 0.3) is 0 Å². The summed E-state index contributed by atoms with van der Waals surface area (Å²) in [6, 6.07) is 1.29. The number of aromatic hydroxyl groups is 1. The monoisotopic (exact) mass is 199 g/mol. The number of hydrogen-bond acceptors (Lipinski definition) is 2. The van der Waals surface area contributed by atoms with Crippen LogP contribution in [0.4, 0.5) is 8.78 Å². The van der Waals surface area contributed by atoms with Gasteiger partial charge in [-0.25, -0.2) is 8.78 Å². The third kappa shape index (κ3) is 1.57. The van der Waals surface area contributed by atoms with E-state index in [0.717, 1.165) is 18.9 Å². The van der Waals surface area contributed by atoms with Crippen molar-refractivity contribution in [2.45, 2.75) is 18.9 Å². The van der Waals surface area contributed by atoms with Gasteiger partial charge >= 0.3 is 0 Å². The van der Waals surface area contributed by atoms with Crippen LogP contribution in [-0.2, 0) is 0 Å². The van der Waals surface area contributed by atoms with Crippen molar-refractivity contribution < 1.29 is 13.9 Å². The molecule has 1 aromatic rings. The van der Waals surface area contributed by atoms with E-state index in [0.29, 0.717) is 6.07 Å². The number of hydrogen-bond donors (Lipinski definition) is 2. The second-order valence-electron chi connectivity index (χ2n) is 3.69. The predicted octanol–water partition coefficient (Wildman–Crippen LogP) is 2.08. The zero-order chi connectivity index (χ0) is 10.3. The number of phenols is 1. The Morgan fingerprint density at radius 2 is 2.00 bits per heavy atom. The van der Waals surface area contributed by atoms with Crippen LogP contribution < -0.4 is 5.73 Å². The van der Waals surface area contributed by atoms with Crippen molar-refractivity contribution in [2.75, 3.05) is 0 Å². The molecule has 14 heavy (non-hydrogen) atoms. The molecule has 0 radical (unpaired) electrons. The number of nitrogens with two attached hydrogens (primary N) is 1. The van der Waals surface area contributed by atoms with Gasteiger partial charge < -0.3 is 10.8 Å². The topological polar surface area (TPSA) is 46.2 Å². The highest BCUT2D eigenvalue weighted by Crippen LogP contribution is 2.42. The third-order valence-electron chi connectivity index (χ3n) is 2.55. The number of rotatable bonds is 2. The lowest BCUT2D eigenvalue weighted by molar-refractivity contribution is 0.411. The molecule has 0 heterocycles. The molecule has 1 saturated carbocycles. The Bertz CT molecular complexity index is 363. The Kier molecular flexibility index (Phi) is 2.15. The van der Waals surface area contributed by atoms with Crippen molar-refractivity contribution >= 4 is 0 Å². The Balaban J connectivity index is 2.39. The molecule has 1 aromatic carbocycles. The Labute approximate surface area is 80.4 Å². The summed E-state index contributed by atoms with van der Waals surface area (Å²) in [5.74, 6) is -1.92. The van der Waals surface area contributed by atoms with Crippen molar-refractivity contribution in [3.05, 3.63) is 29.3 Å². The minimum Gasteiger partial charge on any atom is -0.505 e. The molecule has 0 spiro atoms. The van der Waals surface area contributed by atoms with Gasteiger partial charge in [-0.15, -0.1) is 0 Å². The zero-order valence-corrected chi connectivity index (χ0v) is 7.50. The van der Waals surface area contributed by atoms with Crippen molar-refractivity contribution in [1.29, 1.82) is 0 Å². The summed E-state index contributed by atoms with van der Waals surface area (Å²) in [5.41, 5.74) is 5.92. The summed E-state index contributed by atoms with van der Waals surface area (Å²) in [5, 5.41) is 9.35. The fraction of sp³-hybridized carbons (Fsp3) is 0.400. The summed E-state index contributed by atoms with van der Waals surface area (Å²) in [6.45, 7) is 0. The summed E-state index contributed by atoms with van der Waals surface area (Å²) in [4.78, 5) is 0. The highest BCUT2D eigenvalue weighted by Gasteiger charge is 2.32. The maximum Gasteiger partial charge on any atom is 0.168 e. The van der Waals surface area contributed by atoms with Crippen molar-refractivity contribution in [2.24, 2.45) is 11.7 Å². The smallest absolute Gasteiger partial charge is 0.168 e. The maximum atomic E-state index is 12.9. The molecule has 3 N–H and O–H groups in total. The van der Waals surface area contributed by atoms with E-state index < -0.39 is 23.4 Å². The first-order valence-electron chi connectivity index (χ1n) is 4.53. The first kappa shape index (κ1) is 9.40. The first-order valence-corrected chi connectivity index (χ1v) is 4.53. The second-order valence-corrected chi connectivity index (χ2v) is 3.69. The standard InChI is InChI=1S/C10H11F2NO/c11-6-3-7(9(13)5-1-2-5)10(14)8(12)4-6/h3-5,9,14H,1-2,13H2. The second kappa shape index (κ2) is 3.20. The lowest BCUT2D eigenvalue weighted by atomic mass is 10.0. The molecule has 1 aliphatic rings. The molecule has 2 nitrogen and oxygen atoms in total. The zero-order valence-electron chi connectivity index (χ0n) is 7.50. The molecule has 1 fully saturated rings. The highest BCUT2D eigenvalue weighted by molar-refractivity contribution is 5.37. The van der Waals surface area contributed by atoms with Crippen molar-refractivity contribution in [1.82, 2.24) is 0 Å². The van der Waals surface area contributed by atoms with Crippen LogP contribution in [0.1, 0.15) is 24.4 Å². The average molecular weight is 199 g/mol. The molecule has 1 atom stereocenters. The van der Waals surface area contributed by atoms with E-state index in [4.69, 9.17) is 5.73 Å². The molecule has 1 aliphatic carbocycles. The van der Waals surface area contributed by atoms with Crippen LogP contribution in [0.3, 0.4) is 0 Å². The Morgan fingerprint density at radius 3 is 2.57 bits per heavy atom. The van der Waals surface area contributed by atoms with Crippen molar-refractivity contribution in [3.63, 3.8) is 0 Å². The van der Waals surface area contributed by atoms with Crippen LogP contribution in [0, 0.1) is 17.6 Å². The molecule has 76 valence electrons. The van der Waals surface area contributed by atoms with Gasteiger partial charge in [-0.2, -0.15) is 0 Å². The molecular weight excluding hydrogens is 188 g/mol. The van der Waals surface area contributed by atoms with Gasteiger partial charge in [0.2, 0.25) is 0 Å². The summed E-state index contributed by atoms with van der Waals surface area (Å²) < 4.78 is 25.8. The quantitative estimate of drug-likeness (QED) is 0.766. The molecular formula is C10H11F2NO. The van der Waals surface area contributed by atoms with Gasteiger partial charge in [-0.05, 0) is 24.8 Å². The van der Waals surface area contributed by atoms with Gasteiger partial charge in [-0.1, -0.05) is 0 Å². The first-order chi connectivity index (χ1) is 6.59. The minimum atomic E-state index is -0.948. The van der Waals surface area contributed by atoms with E-state index >= 15 is 0 Å². The van der Waals surface area contributed by atoms with E-state index in [1.807, 2.05) is 0 Å². The molecule has 0 aromatic heterocycles. The molecule has 0 aliphatic heterocycles. The van der Waals surface area contributed by atoms with Crippen LogP contribution in [0.15, 0.2) is 12.1 Å². The fourth-order valence-electron chi connectivity index (χ4n) is 1.55. The van der Waals surface area contributed by atoms with Crippen LogP contribution in [0.2, 0.25) is 0 Å². The highest BCUT2D eigenvalue weighted by atomic mass is 19.1. The molecule has 4 heteroatoms. The van der Waals surface area contributed by atoms with E-state index in [2.05, 4.69) is 0 Å². The van der Waals surface area contributed by atoms with Gasteiger partial charge in [0.1, 0.15) is 5.82 Å². The van der Waals surface area contributed by atoms with Crippen LogP contribution in [0.5, 0.6) is 5.75 Å². The summed E-state index contributed by atoms with van der Waals surface area (Å²) >= 11 is 0. The number of phenolic OH excluding ortho intramolecular Hbond substituents is 1. The normalized spacial score (nSPS) is 18.2. The molecule has 0 saturated heterocycles. The van der Waals surface area contributed by atoms with Gasteiger partial charge in [0.05, 0.1) is 0 Å². The largest absolute Gasteiger partial charge is 0.505 e. The van der Waals surface area contributed by atoms with Crippen molar-refractivity contribution in [3.8, 4) is 5.75 Å². The van der Waals surface area contributed by atoms with E-state index in [9.17, 15) is 13.9 Å². The Hall–Kier alpha value is -1.16. The van der Waals surface area contributed by atoms with Gasteiger partial charge in [0.15, 0.2) is 11.6 Å².